The minimum absolute atomic E-state index is 0.154. The highest BCUT2D eigenvalue weighted by atomic mass is 35.5. The number of halogens is 1. The molecule has 0 aromatic heterocycles. The number of rotatable bonds is 3. The van der Waals surface area contributed by atoms with Crippen molar-refractivity contribution in [3.05, 3.63) is 34.9 Å². The van der Waals surface area contributed by atoms with Crippen LogP contribution in [0.1, 0.15) is 12.0 Å². The van der Waals surface area contributed by atoms with Gasteiger partial charge in [-0.1, -0.05) is 23.7 Å². The van der Waals surface area contributed by atoms with Gasteiger partial charge in [0.1, 0.15) is 6.29 Å². The zero-order chi connectivity index (χ0) is 8.97. The standard InChI is InChI=1S/C9H8ClNO/c10-8-3-1-7(2-4-8)9(11)5-6-12/h1-4,6,11H,5H2. The molecule has 0 aliphatic carbocycles. The molecule has 0 amide bonds. The van der Waals surface area contributed by atoms with Crippen molar-refractivity contribution in [3.63, 3.8) is 0 Å². The predicted octanol–water partition coefficient (Wildman–Crippen LogP) is 2.30. The van der Waals surface area contributed by atoms with Gasteiger partial charge in [-0.15, -0.1) is 0 Å². The first kappa shape index (κ1) is 8.94. The maximum atomic E-state index is 10.1. The molecule has 1 aromatic carbocycles. The highest BCUT2D eigenvalue weighted by Gasteiger charge is 1.98. The second-order valence-corrected chi connectivity index (χ2v) is 2.79. The number of hydrogen-bond acceptors (Lipinski definition) is 2. The van der Waals surface area contributed by atoms with Crippen molar-refractivity contribution >= 4 is 23.6 Å². The molecule has 0 unspecified atom stereocenters. The molecule has 1 N–H and O–H groups in total. The van der Waals surface area contributed by atoms with E-state index in [1.807, 2.05) is 0 Å². The Balaban J connectivity index is 2.82. The maximum absolute atomic E-state index is 10.1. The van der Waals surface area contributed by atoms with Crippen LogP contribution in [-0.4, -0.2) is 12.0 Å². The Morgan fingerprint density at radius 3 is 2.50 bits per heavy atom. The van der Waals surface area contributed by atoms with Crippen LogP contribution < -0.4 is 0 Å². The Bertz CT molecular complexity index is 292. The second kappa shape index (κ2) is 4.02. The zero-order valence-corrected chi connectivity index (χ0v) is 7.14. The lowest BCUT2D eigenvalue weighted by atomic mass is 10.1. The Labute approximate surface area is 75.7 Å². The lowest BCUT2D eigenvalue weighted by Crippen LogP contribution is -1.98. The Morgan fingerprint density at radius 1 is 1.42 bits per heavy atom. The molecule has 0 radical (unpaired) electrons. The van der Waals surface area contributed by atoms with Crippen LogP contribution >= 0.6 is 11.6 Å². The van der Waals surface area contributed by atoms with Gasteiger partial charge in [0.05, 0.1) is 0 Å². The predicted molar refractivity (Wildman–Crippen MR) is 49.0 cm³/mol. The van der Waals surface area contributed by atoms with Crippen LogP contribution in [0.25, 0.3) is 0 Å². The lowest BCUT2D eigenvalue weighted by molar-refractivity contribution is -0.106. The fraction of sp³-hybridized carbons (Fsp3) is 0.111. The van der Waals surface area contributed by atoms with E-state index in [0.29, 0.717) is 10.7 Å². The molecular formula is C9H8ClNO. The van der Waals surface area contributed by atoms with E-state index < -0.39 is 0 Å². The largest absolute Gasteiger partial charge is 0.304 e. The van der Waals surface area contributed by atoms with Gasteiger partial charge in [-0.05, 0) is 17.7 Å². The van der Waals surface area contributed by atoms with Gasteiger partial charge < -0.3 is 10.2 Å². The summed E-state index contributed by atoms with van der Waals surface area (Å²) in [4.78, 5) is 10.1. The number of benzene rings is 1. The Kier molecular flexibility index (Phi) is 3.00. The molecule has 62 valence electrons. The molecule has 12 heavy (non-hydrogen) atoms. The molecule has 1 aromatic rings. The van der Waals surface area contributed by atoms with Crippen molar-refractivity contribution in [1.29, 1.82) is 5.41 Å². The molecule has 0 saturated carbocycles. The van der Waals surface area contributed by atoms with Crippen molar-refractivity contribution in [2.45, 2.75) is 6.42 Å². The SMILES string of the molecule is N=C(CC=O)c1ccc(Cl)cc1. The summed E-state index contributed by atoms with van der Waals surface area (Å²) < 4.78 is 0. The first-order valence-electron chi connectivity index (χ1n) is 3.51. The second-order valence-electron chi connectivity index (χ2n) is 2.36. The molecule has 0 saturated heterocycles. The number of nitrogens with one attached hydrogen (secondary N) is 1. The Hall–Kier alpha value is -1.15. The first-order chi connectivity index (χ1) is 5.74. The normalized spacial score (nSPS) is 9.42. The smallest absolute Gasteiger partial charge is 0.125 e. The summed E-state index contributed by atoms with van der Waals surface area (Å²) in [6.07, 6.45) is 0.874. The third kappa shape index (κ3) is 2.17. The van der Waals surface area contributed by atoms with Crippen LogP contribution in [0.4, 0.5) is 0 Å². The van der Waals surface area contributed by atoms with Crippen molar-refractivity contribution in [3.8, 4) is 0 Å². The molecule has 0 fully saturated rings. The number of carbonyl (C=O) groups is 1. The molecular weight excluding hydrogens is 174 g/mol. The summed E-state index contributed by atoms with van der Waals surface area (Å²) >= 11 is 5.65. The van der Waals surface area contributed by atoms with E-state index in [4.69, 9.17) is 17.0 Å². The average Bonchev–Trinajstić information content (AvgIpc) is 2.06. The average molecular weight is 182 g/mol. The van der Waals surface area contributed by atoms with Crippen LogP contribution in [0.5, 0.6) is 0 Å². The van der Waals surface area contributed by atoms with E-state index in [0.717, 1.165) is 11.8 Å². The molecule has 3 heteroatoms. The van der Waals surface area contributed by atoms with E-state index in [1.165, 1.54) is 0 Å². The van der Waals surface area contributed by atoms with Gasteiger partial charge in [-0.3, -0.25) is 0 Å². The van der Waals surface area contributed by atoms with Gasteiger partial charge >= 0.3 is 0 Å². The van der Waals surface area contributed by atoms with E-state index in [-0.39, 0.29) is 6.42 Å². The summed E-state index contributed by atoms with van der Waals surface area (Å²) in [7, 11) is 0. The number of carbonyl (C=O) groups excluding carboxylic acids is 1. The molecule has 0 atom stereocenters. The van der Waals surface area contributed by atoms with E-state index in [9.17, 15) is 4.79 Å². The van der Waals surface area contributed by atoms with E-state index >= 15 is 0 Å². The van der Waals surface area contributed by atoms with Crippen molar-refractivity contribution in [2.24, 2.45) is 0 Å². The van der Waals surface area contributed by atoms with Crippen molar-refractivity contribution in [1.82, 2.24) is 0 Å². The van der Waals surface area contributed by atoms with Gasteiger partial charge in [0.25, 0.3) is 0 Å². The fourth-order valence-electron chi connectivity index (χ4n) is 0.852. The summed E-state index contributed by atoms with van der Waals surface area (Å²) in [5.74, 6) is 0. The number of aldehydes is 1. The molecule has 2 nitrogen and oxygen atoms in total. The first-order valence-corrected chi connectivity index (χ1v) is 3.89. The molecule has 0 aliphatic heterocycles. The van der Waals surface area contributed by atoms with Crippen molar-refractivity contribution in [2.75, 3.05) is 0 Å². The van der Waals surface area contributed by atoms with Crippen molar-refractivity contribution < 1.29 is 4.79 Å². The fourth-order valence-corrected chi connectivity index (χ4v) is 0.978. The summed E-state index contributed by atoms with van der Waals surface area (Å²) in [6, 6.07) is 6.87. The summed E-state index contributed by atoms with van der Waals surface area (Å²) in [6.45, 7) is 0. The highest BCUT2D eigenvalue weighted by molar-refractivity contribution is 6.30. The quantitative estimate of drug-likeness (QED) is 0.564. The third-order valence-electron chi connectivity index (χ3n) is 1.48. The van der Waals surface area contributed by atoms with Gasteiger partial charge in [0, 0.05) is 17.2 Å². The maximum Gasteiger partial charge on any atom is 0.125 e. The van der Waals surface area contributed by atoms with Crippen LogP contribution in [0.3, 0.4) is 0 Å². The van der Waals surface area contributed by atoms with E-state index in [1.54, 1.807) is 24.3 Å². The minimum Gasteiger partial charge on any atom is -0.304 e. The van der Waals surface area contributed by atoms with Gasteiger partial charge in [-0.25, -0.2) is 0 Å². The highest BCUT2D eigenvalue weighted by Crippen LogP contribution is 2.10. The zero-order valence-electron chi connectivity index (χ0n) is 6.38. The molecule has 0 aliphatic rings. The monoisotopic (exact) mass is 181 g/mol. The summed E-state index contributed by atoms with van der Waals surface area (Å²) in [5, 5.41) is 8.06. The minimum atomic E-state index is 0.154. The van der Waals surface area contributed by atoms with Crippen LogP contribution in [0, 0.1) is 5.41 Å². The van der Waals surface area contributed by atoms with Gasteiger partial charge in [0.2, 0.25) is 0 Å². The molecule has 0 bridgehead atoms. The van der Waals surface area contributed by atoms with Crippen LogP contribution in [0.2, 0.25) is 5.02 Å². The summed E-state index contributed by atoms with van der Waals surface area (Å²) in [5.41, 5.74) is 1.06. The van der Waals surface area contributed by atoms with Gasteiger partial charge in [0.15, 0.2) is 0 Å². The van der Waals surface area contributed by atoms with Crippen LogP contribution in [0.15, 0.2) is 24.3 Å². The topological polar surface area (TPSA) is 40.9 Å². The third-order valence-corrected chi connectivity index (χ3v) is 1.73. The Morgan fingerprint density at radius 2 is 2.00 bits per heavy atom. The van der Waals surface area contributed by atoms with E-state index in [2.05, 4.69) is 0 Å². The molecule has 0 spiro atoms. The van der Waals surface area contributed by atoms with Gasteiger partial charge in [-0.2, -0.15) is 0 Å². The molecule has 0 heterocycles. The lowest BCUT2D eigenvalue weighted by Gasteiger charge is -1.98. The van der Waals surface area contributed by atoms with Crippen LogP contribution in [-0.2, 0) is 4.79 Å². The number of hydrogen-bond donors (Lipinski definition) is 1. The molecule has 1 rings (SSSR count).